The van der Waals surface area contributed by atoms with Gasteiger partial charge in [0, 0.05) is 12.0 Å². The molecule has 1 amide bonds. The summed E-state index contributed by atoms with van der Waals surface area (Å²) in [5.74, 6) is -1.47. The van der Waals surface area contributed by atoms with Gasteiger partial charge in [0.1, 0.15) is 0 Å². The highest BCUT2D eigenvalue weighted by atomic mass is 32.2. The summed E-state index contributed by atoms with van der Waals surface area (Å²) in [4.78, 5) is 22.1. The molecule has 0 aliphatic heterocycles. The van der Waals surface area contributed by atoms with Gasteiger partial charge in [0.15, 0.2) is 6.10 Å². The van der Waals surface area contributed by atoms with Gasteiger partial charge in [0.25, 0.3) is 5.91 Å². The highest BCUT2D eigenvalue weighted by Crippen LogP contribution is 2.06. The van der Waals surface area contributed by atoms with E-state index in [0.717, 1.165) is 16.5 Å². The third-order valence-electron chi connectivity index (χ3n) is 2.86. The predicted molar refractivity (Wildman–Crippen MR) is 86.5 cm³/mol. The van der Waals surface area contributed by atoms with Crippen molar-refractivity contribution in [3.63, 3.8) is 0 Å². The van der Waals surface area contributed by atoms with Crippen molar-refractivity contribution < 1.29 is 22.7 Å². The standard InChI is InChI=1S/C15H20N2O5S/c1-11-3-5-13(6-4-11)8-10-23(20,21)17-9-7-14(18)22-12(2)15(16)19/h3-6,8,10,12,17H,7,9H2,1-2H3,(H2,16,19)/b10-8+/t12-/m0/s1. The van der Waals surface area contributed by atoms with E-state index in [-0.39, 0.29) is 13.0 Å². The van der Waals surface area contributed by atoms with Crippen LogP contribution in [0.3, 0.4) is 0 Å². The van der Waals surface area contributed by atoms with Crippen LogP contribution in [0.5, 0.6) is 0 Å². The molecule has 23 heavy (non-hydrogen) atoms. The van der Waals surface area contributed by atoms with E-state index in [1.807, 2.05) is 19.1 Å². The average molecular weight is 340 g/mol. The van der Waals surface area contributed by atoms with Gasteiger partial charge < -0.3 is 10.5 Å². The van der Waals surface area contributed by atoms with Crippen LogP contribution >= 0.6 is 0 Å². The Kier molecular flexibility index (Phi) is 6.92. The number of primary amides is 1. The van der Waals surface area contributed by atoms with Crippen LogP contribution in [0.4, 0.5) is 0 Å². The van der Waals surface area contributed by atoms with Gasteiger partial charge in [-0.2, -0.15) is 0 Å². The number of carbonyl (C=O) groups excluding carboxylic acids is 2. The molecule has 0 spiro atoms. The van der Waals surface area contributed by atoms with E-state index in [2.05, 4.69) is 4.72 Å². The quantitative estimate of drug-likeness (QED) is 0.676. The third kappa shape index (κ3) is 7.57. The summed E-state index contributed by atoms with van der Waals surface area (Å²) in [6.45, 7) is 3.14. The van der Waals surface area contributed by atoms with Crippen LogP contribution in [0.15, 0.2) is 29.7 Å². The molecule has 7 nitrogen and oxygen atoms in total. The molecule has 0 radical (unpaired) electrons. The molecule has 3 N–H and O–H groups in total. The first-order valence-corrected chi connectivity index (χ1v) is 8.47. The number of hydrogen-bond donors (Lipinski definition) is 2. The van der Waals surface area contributed by atoms with Crippen LogP contribution in [0.1, 0.15) is 24.5 Å². The maximum Gasteiger partial charge on any atom is 0.307 e. The second-order valence-corrected chi connectivity index (χ2v) is 6.59. The third-order valence-corrected chi connectivity index (χ3v) is 3.96. The highest BCUT2D eigenvalue weighted by Gasteiger charge is 2.14. The van der Waals surface area contributed by atoms with Crippen LogP contribution in [-0.2, 0) is 24.3 Å². The van der Waals surface area contributed by atoms with E-state index in [9.17, 15) is 18.0 Å². The van der Waals surface area contributed by atoms with Gasteiger partial charge in [-0.15, -0.1) is 0 Å². The topological polar surface area (TPSA) is 116 Å². The van der Waals surface area contributed by atoms with Crippen LogP contribution in [0.2, 0.25) is 0 Å². The van der Waals surface area contributed by atoms with Crippen molar-refractivity contribution >= 4 is 28.0 Å². The molecule has 0 saturated heterocycles. The first kappa shape index (κ1) is 18.9. The SMILES string of the molecule is Cc1ccc(/C=C/S(=O)(=O)NCCC(=O)O[C@@H](C)C(N)=O)cc1. The minimum Gasteiger partial charge on any atom is -0.453 e. The molecule has 0 unspecified atom stereocenters. The van der Waals surface area contributed by atoms with Crippen molar-refractivity contribution in [3.8, 4) is 0 Å². The Hall–Kier alpha value is -2.19. The molecule has 0 heterocycles. The lowest BCUT2D eigenvalue weighted by atomic mass is 10.2. The molecule has 1 aromatic rings. The number of nitrogens with one attached hydrogen (secondary N) is 1. The molecule has 1 atom stereocenters. The fraction of sp³-hybridized carbons (Fsp3) is 0.333. The Labute approximate surface area is 135 Å². The van der Waals surface area contributed by atoms with Crippen LogP contribution < -0.4 is 10.5 Å². The Bertz CT molecular complexity index is 680. The fourth-order valence-electron chi connectivity index (χ4n) is 1.50. The number of hydrogen-bond acceptors (Lipinski definition) is 5. The zero-order chi connectivity index (χ0) is 17.5. The monoisotopic (exact) mass is 340 g/mol. The van der Waals surface area contributed by atoms with Gasteiger partial charge in [-0.25, -0.2) is 13.1 Å². The zero-order valence-electron chi connectivity index (χ0n) is 13.0. The molecular weight excluding hydrogens is 320 g/mol. The lowest BCUT2D eigenvalue weighted by molar-refractivity contribution is -0.153. The van der Waals surface area contributed by atoms with Gasteiger partial charge in [-0.1, -0.05) is 29.8 Å². The summed E-state index contributed by atoms with van der Waals surface area (Å²) in [7, 11) is -3.66. The first-order chi connectivity index (χ1) is 10.7. The van der Waals surface area contributed by atoms with Crippen molar-refractivity contribution in [2.75, 3.05) is 6.54 Å². The zero-order valence-corrected chi connectivity index (χ0v) is 13.8. The van der Waals surface area contributed by atoms with Gasteiger partial charge in [0.05, 0.1) is 6.42 Å². The van der Waals surface area contributed by atoms with Gasteiger partial charge in [-0.05, 0) is 25.5 Å². The minimum atomic E-state index is -3.66. The molecule has 0 aromatic heterocycles. The second-order valence-electron chi connectivity index (χ2n) is 4.94. The number of nitrogens with two attached hydrogens (primary N) is 1. The number of rotatable bonds is 8. The Morgan fingerprint density at radius 3 is 2.48 bits per heavy atom. The van der Waals surface area contributed by atoms with Gasteiger partial charge >= 0.3 is 5.97 Å². The van der Waals surface area contributed by atoms with Crippen LogP contribution in [0, 0.1) is 6.92 Å². The van der Waals surface area contributed by atoms with E-state index in [0.29, 0.717) is 0 Å². The van der Waals surface area contributed by atoms with Crippen LogP contribution in [0.25, 0.3) is 6.08 Å². The van der Waals surface area contributed by atoms with Crippen molar-refractivity contribution in [3.05, 3.63) is 40.8 Å². The number of ether oxygens (including phenoxy) is 1. The van der Waals surface area contributed by atoms with Gasteiger partial charge in [-0.3, -0.25) is 9.59 Å². The summed E-state index contributed by atoms with van der Waals surface area (Å²) in [6.07, 6.45) is 0.213. The number of benzene rings is 1. The molecule has 0 aliphatic rings. The molecule has 1 aromatic carbocycles. The first-order valence-electron chi connectivity index (χ1n) is 6.93. The maximum atomic E-state index is 11.8. The number of sulfonamides is 1. The molecule has 126 valence electrons. The smallest absolute Gasteiger partial charge is 0.307 e. The van der Waals surface area contributed by atoms with E-state index in [1.54, 1.807) is 12.1 Å². The normalized spacial score (nSPS) is 13.0. The summed E-state index contributed by atoms with van der Waals surface area (Å²) in [5, 5.41) is 1.02. The van der Waals surface area contributed by atoms with Crippen molar-refractivity contribution in [2.45, 2.75) is 26.4 Å². The second kappa shape index (κ2) is 8.44. The van der Waals surface area contributed by atoms with E-state index in [1.165, 1.54) is 13.0 Å². The van der Waals surface area contributed by atoms with E-state index in [4.69, 9.17) is 10.5 Å². The Morgan fingerprint density at radius 1 is 1.30 bits per heavy atom. The van der Waals surface area contributed by atoms with Crippen molar-refractivity contribution in [1.82, 2.24) is 4.72 Å². The lowest BCUT2D eigenvalue weighted by Gasteiger charge is -2.09. The van der Waals surface area contributed by atoms with Gasteiger partial charge in [0.2, 0.25) is 10.0 Å². The van der Waals surface area contributed by atoms with Crippen molar-refractivity contribution in [1.29, 1.82) is 0 Å². The fourth-order valence-corrected chi connectivity index (χ4v) is 2.32. The number of esters is 1. The molecule has 8 heteroatoms. The number of amides is 1. The van der Waals surface area contributed by atoms with Crippen LogP contribution in [-0.4, -0.2) is 32.9 Å². The molecular formula is C15H20N2O5S. The summed E-state index contributed by atoms with van der Waals surface area (Å²) >= 11 is 0. The van der Waals surface area contributed by atoms with E-state index < -0.39 is 28.0 Å². The molecule has 0 fully saturated rings. The van der Waals surface area contributed by atoms with E-state index >= 15 is 0 Å². The highest BCUT2D eigenvalue weighted by molar-refractivity contribution is 7.92. The summed E-state index contributed by atoms with van der Waals surface area (Å²) in [6, 6.07) is 7.33. The molecule has 0 bridgehead atoms. The minimum absolute atomic E-state index is 0.134. The largest absolute Gasteiger partial charge is 0.453 e. The molecule has 0 saturated carbocycles. The maximum absolute atomic E-state index is 11.8. The lowest BCUT2D eigenvalue weighted by Crippen LogP contribution is -2.32. The van der Waals surface area contributed by atoms with Crippen molar-refractivity contribution in [2.24, 2.45) is 5.73 Å². The number of aryl methyl sites for hydroxylation is 1. The average Bonchev–Trinajstić information content (AvgIpc) is 2.46. The summed E-state index contributed by atoms with van der Waals surface area (Å²) in [5.41, 5.74) is 6.77. The molecule has 0 aliphatic carbocycles. The number of carbonyl (C=O) groups is 2. The predicted octanol–water partition coefficient (Wildman–Crippen LogP) is 0.692. The Morgan fingerprint density at radius 2 is 1.91 bits per heavy atom. The summed E-state index contributed by atoms with van der Waals surface area (Å²) < 4.78 is 30.5. The molecule has 1 rings (SSSR count). The Balaban J connectivity index is 2.45.